The molecule has 1 saturated heterocycles. The van der Waals surface area contributed by atoms with Crippen LogP contribution in [0.2, 0.25) is 0 Å². The van der Waals surface area contributed by atoms with Crippen LogP contribution in [0.4, 0.5) is 16.5 Å². The standard InChI is InChI=1S/C17H24N4O3/c1-4-23-13-6-5-9-21(11-13)16(22)18-12-7-8-14-15(10-12)24-17(19-14)20(2)3/h7-8,10,13H,4-6,9,11H2,1-3H3,(H,18,22)/t13-/m0/s1. The minimum absolute atomic E-state index is 0.105. The highest BCUT2D eigenvalue weighted by Crippen LogP contribution is 2.24. The number of rotatable bonds is 4. The molecule has 130 valence electrons. The van der Waals surface area contributed by atoms with Crippen molar-refractivity contribution in [3.05, 3.63) is 18.2 Å². The highest BCUT2D eigenvalue weighted by molar-refractivity contribution is 5.91. The number of oxazole rings is 1. The molecule has 2 amide bonds. The zero-order chi connectivity index (χ0) is 17.1. The third-order valence-electron chi connectivity index (χ3n) is 4.08. The van der Waals surface area contributed by atoms with Gasteiger partial charge >= 0.3 is 6.03 Å². The Labute approximate surface area is 141 Å². The molecule has 1 aliphatic heterocycles. The van der Waals surface area contributed by atoms with E-state index in [9.17, 15) is 4.79 Å². The van der Waals surface area contributed by atoms with Gasteiger partial charge in [0.2, 0.25) is 0 Å². The normalized spacial score (nSPS) is 18.0. The molecule has 7 nitrogen and oxygen atoms in total. The molecule has 1 aromatic carbocycles. The molecule has 2 heterocycles. The molecule has 1 atom stereocenters. The predicted octanol–water partition coefficient (Wildman–Crippen LogP) is 2.93. The summed E-state index contributed by atoms with van der Waals surface area (Å²) in [6.07, 6.45) is 2.11. The number of nitrogens with zero attached hydrogens (tertiary/aromatic N) is 3. The Bertz CT molecular complexity index is 711. The summed E-state index contributed by atoms with van der Waals surface area (Å²) in [5.41, 5.74) is 2.13. The van der Waals surface area contributed by atoms with Gasteiger partial charge in [-0.25, -0.2) is 4.79 Å². The maximum atomic E-state index is 12.5. The highest BCUT2D eigenvalue weighted by atomic mass is 16.5. The van der Waals surface area contributed by atoms with Crippen molar-refractivity contribution in [2.45, 2.75) is 25.9 Å². The van der Waals surface area contributed by atoms with Crippen LogP contribution < -0.4 is 10.2 Å². The average Bonchev–Trinajstić information content (AvgIpc) is 2.99. The number of aromatic nitrogens is 1. The summed E-state index contributed by atoms with van der Waals surface area (Å²) in [4.78, 5) is 20.5. The van der Waals surface area contributed by atoms with Crippen molar-refractivity contribution in [3.63, 3.8) is 0 Å². The monoisotopic (exact) mass is 332 g/mol. The number of ether oxygens (including phenoxy) is 1. The van der Waals surface area contributed by atoms with Gasteiger partial charge in [0.15, 0.2) is 5.58 Å². The van der Waals surface area contributed by atoms with Crippen molar-refractivity contribution in [2.75, 3.05) is 44.0 Å². The Morgan fingerprint density at radius 1 is 1.50 bits per heavy atom. The number of amides is 2. The van der Waals surface area contributed by atoms with Gasteiger partial charge in [0, 0.05) is 45.5 Å². The number of nitrogens with one attached hydrogen (secondary N) is 1. The number of benzene rings is 1. The number of urea groups is 1. The molecule has 24 heavy (non-hydrogen) atoms. The van der Waals surface area contributed by atoms with Gasteiger partial charge in [-0.3, -0.25) is 0 Å². The lowest BCUT2D eigenvalue weighted by Gasteiger charge is -2.32. The molecule has 1 aromatic heterocycles. The first kappa shape index (κ1) is 16.6. The smallest absolute Gasteiger partial charge is 0.321 e. The molecule has 7 heteroatoms. The Balaban J connectivity index is 1.68. The van der Waals surface area contributed by atoms with Crippen molar-refractivity contribution < 1.29 is 13.9 Å². The van der Waals surface area contributed by atoms with Crippen molar-refractivity contribution in [3.8, 4) is 0 Å². The summed E-state index contributed by atoms with van der Waals surface area (Å²) in [5, 5.41) is 2.93. The van der Waals surface area contributed by atoms with Gasteiger partial charge in [0.1, 0.15) is 5.52 Å². The highest BCUT2D eigenvalue weighted by Gasteiger charge is 2.24. The molecule has 0 radical (unpaired) electrons. The average molecular weight is 332 g/mol. The van der Waals surface area contributed by atoms with Crippen LogP contribution in [0.15, 0.2) is 22.6 Å². The van der Waals surface area contributed by atoms with Gasteiger partial charge in [-0.15, -0.1) is 0 Å². The maximum absolute atomic E-state index is 12.5. The molecule has 0 bridgehead atoms. The fourth-order valence-electron chi connectivity index (χ4n) is 2.88. The first-order valence-corrected chi connectivity index (χ1v) is 8.32. The Kier molecular flexibility index (Phi) is 4.89. The van der Waals surface area contributed by atoms with Gasteiger partial charge in [-0.05, 0) is 31.9 Å². The SMILES string of the molecule is CCO[C@H]1CCCN(C(=O)Nc2ccc3nc(N(C)C)oc3c2)C1. The largest absolute Gasteiger partial charge is 0.423 e. The number of piperidine rings is 1. The number of hydrogen-bond acceptors (Lipinski definition) is 5. The molecule has 1 aliphatic rings. The minimum Gasteiger partial charge on any atom is -0.423 e. The van der Waals surface area contributed by atoms with Crippen LogP contribution >= 0.6 is 0 Å². The molecule has 2 aromatic rings. The van der Waals surface area contributed by atoms with E-state index in [0.717, 1.165) is 24.9 Å². The van der Waals surface area contributed by atoms with Gasteiger partial charge in [0.05, 0.1) is 6.10 Å². The first-order chi connectivity index (χ1) is 11.6. The Hall–Kier alpha value is -2.28. The summed E-state index contributed by atoms with van der Waals surface area (Å²) in [5.74, 6) is 0. The lowest BCUT2D eigenvalue weighted by Crippen LogP contribution is -2.45. The van der Waals surface area contributed by atoms with E-state index in [4.69, 9.17) is 9.15 Å². The van der Waals surface area contributed by atoms with E-state index >= 15 is 0 Å². The molecular weight excluding hydrogens is 308 g/mol. The number of carbonyl (C=O) groups excluding carboxylic acids is 1. The summed E-state index contributed by atoms with van der Waals surface area (Å²) in [6.45, 7) is 4.05. The second kappa shape index (κ2) is 7.09. The second-order valence-corrected chi connectivity index (χ2v) is 6.17. The number of anilines is 2. The van der Waals surface area contributed by atoms with E-state index in [-0.39, 0.29) is 12.1 Å². The van der Waals surface area contributed by atoms with Crippen molar-refractivity contribution >= 4 is 28.8 Å². The number of carbonyl (C=O) groups is 1. The molecule has 1 fully saturated rings. The summed E-state index contributed by atoms with van der Waals surface area (Å²) in [6, 6.07) is 5.93. The van der Waals surface area contributed by atoms with E-state index in [1.165, 1.54) is 0 Å². The van der Waals surface area contributed by atoms with E-state index in [2.05, 4.69) is 10.3 Å². The Morgan fingerprint density at radius 3 is 3.08 bits per heavy atom. The fraction of sp³-hybridized carbons (Fsp3) is 0.529. The van der Waals surface area contributed by atoms with Gasteiger partial charge in [0.25, 0.3) is 6.01 Å². The summed E-state index contributed by atoms with van der Waals surface area (Å²) >= 11 is 0. The predicted molar refractivity (Wildman–Crippen MR) is 93.6 cm³/mol. The van der Waals surface area contributed by atoms with Crippen LogP contribution in [0.3, 0.4) is 0 Å². The molecule has 0 aliphatic carbocycles. The van der Waals surface area contributed by atoms with Crippen LogP contribution in [-0.4, -0.2) is 55.8 Å². The molecule has 0 unspecified atom stereocenters. The Morgan fingerprint density at radius 2 is 2.33 bits per heavy atom. The van der Waals surface area contributed by atoms with Crippen molar-refractivity contribution in [2.24, 2.45) is 0 Å². The molecule has 0 spiro atoms. The van der Waals surface area contributed by atoms with Crippen LogP contribution in [0.1, 0.15) is 19.8 Å². The van der Waals surface area contributed by atoms with Crippen LogP contribution in [0.25, 0.3) is 11.1 Å². The topological polar surface area (TPSA) is 70.8 Å². The van der Waals surface area contributed by atoms with E-state index < -0.39 is 0 Å². The van der Waals surface area contributed by atoms with E-state index in [1.54, 1.807) is 15.9 Å². The zero-order valence-electron chi connectivity index (χ0n) is 14.4. The summed E-state index contributed by atoms with van der Waals surface area (Å²) < 4.78 is 11.3. The summed E-state index contributed by atoms with van der Waals surface area (Å²) in [7, 11) is 3.75. The fourth-order valence-corrected chi connectivity index (χ4v) is 2.88. The van der Waals surface area contributed by atoms with E-state index in [1.807, 2.05) is 33.2 Å². The second-order valence-electron chi connectivity index (χ2n) is 6.17. The molecule has 0 saturated carbocycles. The van der Waals surface area contributed by atoms with Crippen molar-refractivity contribution in [1.82, 2.24) is 9.88 Å². The number of hydrogen-bond donors (Lipinski definition) is 1. The van der Waals surface area contributed by atoms with Crippen LogP contribution in [-0.2, 0) is 4.74 Å². The zero-order valence-corrected chi connectivity index (χ0v) is 14.4. The number of fused-ring (bicyclic) bond motifs is 1. The lowest BCUT2D eigenvalue weighted by molar-refractivity contribution is 0.0181. The van der Waals surface area contributed by atoms with Crippen LogP contribution in [0.5, 0.6) is 0 Å². The molecular formula is C17H24N4O3. The van der Waals surface area contributed by atoms with Crippen molar-refractivity contribution in [1.29, 1.82) is 0 Å². The van der Waals surface area contributed by atoms with Gasteiger partial charge in [-0.1, -0.05) is 0 Å². The van der Waals surface area contributed by atoms with Crippen LogP contribution in [0, 0.1) is 0 Å². The first-order valence-electron chi connectivity index (χ1n) is 8.32. The lowest BCUT2D eigenvalue weighted by atomic mass is 10.1. The third kappa shape index (κ3) is 3.62. The van der Waals surface area contributed by atoms with Gasteiger partial charge < -0.3 is 24.3 Å². The quantitative estimate of drug-likeness (QED) is 0.932. The molecule has 1 N–H and O–H groups in total. The molecule has 3 rings (SSSR count). The van der Waals surface area contributed by atoms with Gasteiger partial charge in [-0.2, -0.15) is 4.98 Å². The van der Waals surface area contributed by atoms with E-state index in [0.29, 0.717) is 30.4 Å². The third-order valence-corrected chi connectivity index (χ3v) is 4.08. The minimum atomic E-state index is -0.105. The number of likely N-dealkylation sites (tertiary alicyclic amines) is 1. The maximum Gasteiger partial charge on any atom is 0.321 e.